The summed E-state index contributed by atoms with van der Waals surface area (Å²) in [7, 11) is 4.41. The van der Waals surface area contributed by atoms with Gasteiger partial charge in [-0.1, -0.05) is 0 Å². The van der Waals surface area contributed by atoms with Crippen LogP contribution in [0, 0.1) is 17.8 Å². The Bertz CT molecular complexity index is 235. The van der Waals surface area contributed by atoms with E-state index in [4.69, 9.17) is 0 Å². The maximum atomic E-state index is 10.4. The Morgan fingerprint density at radius 3 is 2.07 bits per heavy atom. The molecule has 4 aliphatic rings. The third-order valence-corrected chi connectivity index (χ3v) is 4.79. The first-order chi connectivity index (χ1) is 6.57. The molecule has 4 fully saturated rings. The standard InChI is InChI=1S/C12H21NO/c1-13(2)11-9-3-8-4-10(11)7-12(14,5-8)6-9/h8-11,14H,3-7H2,1-2H3/t8?,9-,10-,11?,12?/m0/s1. The van der Waals surface area contributed by atoms with E-state index in [1.165, 1.54) is 12.8 Å². The largest absolute Gasteiger partial charge is 0.390 e. The highest BCUT2D eigenvalue weighted by Gasteiger charge is 2.55. The van der Waals surface area contributed by atoms with Crippen LogP contribution in [0.5, 0.6) is 0 Å². The van der Waals surface area contributed by atoms with Crippen molar-refractivity contribution in [2.24, 2.45) is 17.8 Å². The molecule has 2 heteroatoms. The Hall–Kier alpha value is -0.0800. The monoisotopic (exact) mass is 195 g/mol. The summed E-state index contributed by atoms with van der Waals surface area (Å²) in [5, 5.41) is 10.4. The van der Waals surface area contributed by atoms with Gasteiger partial charge in [0.2, 0.25) is 0 Å². The molecule has 14 heavy (non-hydrogen) atoms. The Balaban J connectivity index is 1.89. The fourth-order valence-corrected chi connectivity index (χ4v) is 4.80. The van der Waals surface area contributed by atoms with Gasteiger partial charge in [-0.25, -0.2) is 0 Å². The zero-order chi connectivity index (χ0) is 9.92. The van der Waals surface area contributed by atoms with Crippen molar-refractivity contribution >= 4 is 0 Å². The van der Waals surface area contributed by atoms with Crippen molar-refractivity contribution in [2.45, 2.75) is 43.7 Å². The summed E-state index contributed by atoms with van der Waals surface area (Å²) in [4.78, 5) is 2.40. The molecule has 0 amide bonds. The minimum absolute atomic E-state index is 0.261. The summed E-state index contributed by atoms with van der Waals surface area (Å²) in [6.07, 6.45) is 6.00. The van der Waals surface area contributed by atoms with Crippen LogP contribution in [0.1, 0.15) is 32.1 Å². The quantitative estimate of drug-likeness (QED) is 0.685. The van der Waals surface area contributed by atoms with Crippen molar-refractivity contribution in [3.63, 3.8) is 0 Å². The van der Waals surface area contributed by atoms with Gasteiger partial charge in [-0.2, -0.15) is 0 Å². The molecule has 2 nitrogen and oxygen atoms in total. The van der Waals surface area contributed by atoms with Crippen molar-refractivity contribution < 1.29 is 5.11 Å². The third-order valence-electron chi connectivity index (χ3n) is 4.79. The van der Waals surface area contributed by atoms with Crippen molar-refractivity contribution in [1.82, 2.24) is 4.90 Å². The summed E-state index contributed by atoms with van der Waals surface area (Å²) >= 11 is 0. The Morgan fingerprint density at radius 1 is 1.07 bits per heavy atom. The molecule has 0 spiro atoms. The molecule has 0 aromatic rings. The van der Waals surface area contributed by atoms with E-state index in [0.29, 0.717) is 0 Å². The van der Waals surface area contributed by atoms with Gasteiger partial charge >= 0.3 is 0 Å². The third kappa shape index (κ3) is 1.17. The van der Waals surface area contributed by atoms with Gasteiger partial charge in [0.15, 0.2) is 0 Å². The zero-order valence-electron chi connectivity index (χ0n) is 9.24. The van der Waals surface area contributed by atoms with Crippen molar-refractivity contribution in [2.75, 3.05) is 14.1 Å². The maximum absolute atomic E-state index is 10.4. The first kappa shape index (κ1) is 9.17. The van der Waals surface area contributed by atoms with Crippen molar-refractivity contribution in [3.05, 3.63) is 0 Å². The summed E-state index contributed by atoms with van der Waals surface area (Å²) in [6.45, 7) is 0. The Kier molecular flexibility index (Phi) is 1.79. The molecule has 2 atom stereocenters. The average Bonchev–Trinajstić information content (AvgIpc) is 1.97. The molecule has 0 aliphatic heterocycles. The van der Waals surface area contributed by atoms with E-state index in [1.807, 2.05) is 0 Å². The van der Waals surface area contributed by atoms with Crippen LogP contribution in [0.4, 0.5) is 0 Å². The van der Waals surface area contributed by atoms with E-state index in [1.54, 1.807) is 0 Å². The average molecular weight is 195 g/mol. The molecule has 0 unspecified atom stereocenters. The molecule has 1 N–H and O–H groups in total. The van der Waals surface area contributed by atoms with Gasteiger partial charge in [0.05, 0.1) is 5.60 Å². The SMILES string of the molecule is CN(C)C1[C@H]2CC3C[C@H]1CC(O)(C3)C2. The summed E-state index contributed by atoms with van der Waals surface area (Å²) in [6, 6.07) is 0.756. The molecular formula is C12H21NO. The van der Waals surface area contributed by atoms with Crippen LogP contribution < -0.4 is 0 Å². The van der Waals surface area contributed by atoms with E-state index >= 15 is 0 Å². The lowest BCUT2D eigenvalue weighted by molar-refractivity contribution is -0.154. The molecule has 4 aliphatic carbocycles. The highest BCUT2D eigenvalue weighted by molar-refractivity contribution is 5.07. The van der Waals surface area contributed by atoms with Crippen LogP contribution in [0.15, 0.2) is 0 Å². The van der Waals surface area contributed by atoms with Gasteiger partial charge in [-0.15, -0.1) is 0 Å². The van der Waals surface area contributed by atoms with Crippen LogP contribution in [-0.4, -0.2) is 35.7 Å². The van der Waals surface area contributed by atoms with Gasteiger partial charge in [0.25, 0.3) is 0 Å². The lowest BCUT2D eigenvalue weighted by Crippen LogP contribution is -2.60. The van der Waals surface area contributed by atoms with E-state index in [0.717, 1.165) is 43.1 Å². The number of nitrogens with zero attached hydrogens (tertiary/aromatic N) is 1. The van der Waals surface area contributed by atoms with Crippen molar-refractivity contribution in [3.8, 4) is 0 Å². The second kappa shape index (κ2) is 2.73. The molecule has 0 aromatic heterocycles. The lowest BCUT2D eigenvalue weighted by atomic mass is 9.52. The van der Waals surface area contributed by atoms with E-state index < -0.39 is 0 Å². The predicted octanol–water partition coefficient (Wildman–Crippen LogP) is 1.49. The summed E-state index contributed by atoms with van der Waals surface area (Å²) < 4.78 is 0. The normalized spacial score (nSPS) is 55.7. The smallest absolute Gasteiger partial charge is 0.0657 e. The minimum atomic E-state index is -0.261. The highest BCUT2D eigenvalue weighted by atomic mass is 16.3. The first-order valence-electron chi connectivity index (χ1n) is 5.96. The van der Waals surface area contributed by atoms with Gasteiger partial charge < -0.3 is 10.0 Å². The van der Waals surface area contributed by atoms with Gasteiger partial charge in [0, 0.05) is 6.04 Å². The van der Waals surface area contributed by atoms with E-state index in [-0.39, 0.29) is 5.60 Å². The van der Waals surface area contributed by atoms with E-state index in [9.17, 15) is 5.11 Å². The summed E-state index contributed by atoms with van der Waals surface area (Å²) in [5.74, 6) is 2.40. The van der Waals surface area contributed by atoms with Crippen molar-refractivity contribution in [1.29, 1.82) is 0 Å². The van der Waals surface area contributed by atoms with Crippen LogP contribution in [0.2, 0.25) is 0 Å². The maximum Gasteiger partial charge on any atom is 0.0657 e. The highest BCUT2D eigenvalue weighted by Crippen LogP contribution is 2.56. The number of aliphatic hydroxyl groups is 1. The van der Waals surface area contributed by atoms with Crippen LogP contribution in [0.3, 0.4) is 0 Å². The minimum Gasteiger partial charge on any atom is -0.390 e. The summed E-state index contributed by atoms with van der Waals surface area (Å²) in [5.41, 5.74) is -0.261. The molecule has 0 radical (unpaired) electrons. The van der Waals surface area contributed by atoms with E-state index in [2.05, 4.69) is 19.0 Å². The molecule has 4 saturated carbocycles. The molecule has 4 bridgehead atoms. The Labute approximate surface area is 86.3 Å². The molecule has 0 aromatic carbocycles. The van der Waals surface area contributed by atoms with Crippen LogP contribution >= 0.6 is 0 Å². The lowest BCUT2D eigenvalue weighted by Gasteiger charge is -2.59. The zero-order valence-corrected chi connectivity index (χ0v) is 9.24. The number of rotatable bonds is 1. The fourth-order valence-electron chi connectivity index (χ4n) is 4.80. The van der Waals surface area contributed by atoms with Crippen LogP contribution in [-0.2, 0) is 0 Å². The molecule has 0 heterocycles. The molecule has 0 saturated heterocycles. The number of hydrogen-bond acceptors (Lipinski definition) is 2. The first-order valence-corrected chi connectivity index (χ1v) is 5.96. The molecular weight excluding hydrogens is 174 g/mol. The molecule has 4 rings (SSSR count). The van der Waals surface area contributed by atoms with Gasteiger partial charge in [-0.05, 0) is 64.0 Å². The number of hydrogen-bond donors (Lipinski definition) is 1. The Morgan fingerprint density at radius 2 is 1.64 bits per heavy atom. The second-order valence-electron chi connectivity index (χ2n) is 6.15. The topological polar surface area (TPSA) is 23.5 Å². The van der Waals surface area contributed by atoms with Gasteiger partial charge in [0.1, 0.15) is 0 Å². The fraction of sp³-hybridized carbons (Fsp3) is 1.00. The molecule has 80 valence electrons. The van der Waals surface area contributed by atoms with Crippen LogP contribution in [0.25, 0.3) is 0 Å². The van der Waals surface area contributed by atoms with Gasteiger partial charge in [-0.3, -0.25) is 0 Å². The second-order valence-corrected chi connectivity index (χ2v) is 6.15. The predicted molar refractivity (Wildman–Crippen MR) is 56.0 cm³/mol.